The zero-order chi connectivity index (χ0) is 12.8. The Morgan fingerprint density at radius 1 is 1.65 bits per heavy atom. The Morgan fingerprint density at radius 2 is 2.35 bits per heavy atom. The van der Waals surface area contributed by atoms with Crippen LogP contribution in [0.3, 0.4) is 0 Å². The number of benzene rings is 1. The van der Waals surface area contributed by atoms with E-state index in [-0.39, 0.29) is 11.3 Å². The molecule has 1 aromatic carbocycles. The summed E-state index contributed by atoms with van der Waals surface area (Å²) in [5, 5.41) is 21.8. The molecule has 0 saturated heterocycles. The molecule has 1 rings (SSSR count). The number of rotatable bonds is 5. The van der Waals surface area contributed by atoms with E-state index >= 15 is 0 Å². The molecule has 0 aliphatic rings. The Labute approximate surface area is 94.3 Å². The summed E-state index contributed by atoms with van der Waals surface area (Å²) >= 11 is 0. The van der Waals surface area contributed by atoms with E-state index in [1.165, 1.54) is 0 Å². The van der Waals surface area contributed by atoms with E-state index in [1.807, 2.05) is 0 Å². The number of nitro benzene ring substituents is 1. The number of carboxylic acids is 1. The standard InChI is InChI=1S/C9H7FN2O5/c10-8-2-1-7(12(15)16)3-6(8)4-11-17-5-9(13)14/h1-4H,5H2,(H,13,14)/b11-4+. The van der Waals surface area contributed by atoms with Crippen LogP contribution < -0.4 is 0 Å². The molecule has 0 saturated carbocycles. The SMILES string of the molecule is O=C(O)CO/N=C/c1cc([N+](=O)[O-])ccc1F. The summed E-state index contributed by atoms with van der Waals surface area (Å²) in [6, 6.07) is 2.88. The lowest BCUT2D eigenvalue weighted by molar-refractivity contribution is -0.384. The molecule has 0 aliphatic heterocycles. The zero-order valence-electron chi connectivity index (χ0n) is 8.37. The third-order valence-corrected chi connectivity index (χ3v) is 1.64. The second kappa shape index (κ2) is 5.54. The molecule has 0 bridgehead atoms. The first-order chi connectivity index (χ1) is 8.00. The number of nitrogens with zero attached hydrogens (tertiary/aromatic N) is 2. The van der Waals surface area contributed by atoms with Gasteiger partial charge in [0.15, 0.2) is 0 Å². The number of halogens is 1. The number of oxime groups is 1. The van der Waals surface area contributed by atoms with Gasteiger partial charge in [0.1, 0.15) is 5.82 Å². The lowest BCUT2D eigenvalue weighted by Crippen LogP contribution is -2.03. The van der Waals surface area contributed by atoms with Gasteiger partial charge in [-0.05, 0) is 6.07 Å². The summed E-state index contributed by atoms with van der Waals surface area (Å²) < 4.78 is 13.1. The molecule has 90 valence electrons. The molecule has 1 N–H and O–H groups in total. The van der Waals surface area contributed by atoms with Gasteiger partial charge in [0.2, 0.25) is 6.61 Å². The fourth-order valence-electron chi connectivity index (χ4n) is 0.930. The van der Waals surface area contributed by atoms with Crippen molar-refractivity contribution in [2.45, 2.75) is 0 Å². The zero-order valence-corrected chi connectivity index (χ0v) is 8.37. The number of carboxylic acid groups (broad SMARTS) is 1. The minimum atomic E-state index is -1.23. The first-order valence-electron chi connectivity index (χ1n) is 4.32. The Balaban J connectivity index is 2.79. The first-order valence-corrected chi connectivity index (χ1v) is 4.32. The molecule has 0 spiro atoms. The van der Waals surface area contributed by atoms with E-state index in [9.17, 15) is 19.3 Å². The second-order valence-corrected chi connectivity index (χ2v) is 2.86. The maximum absolute atomic E-state index is 13.1. The highest BCUT2D eigenvalue weighted by Crippen LogP contribution is 2.15. The van der Waals surface area contributed by atoms with Crippen molar-refractivity contribution in [3.8, 4) is 0 Å². The largest absolute Gasteiger partial charge is 0.479 e. The maximum atomic E-state index is 13.1. The fourth-order valence-corrected chi connectivity index (χ4v) is 0.930. The summed E-state index contributed by atoms with van der Waals surface area (Å²) in [6.45, 7) is -0.674. The smallest absolute Gasteiger partial charge is 0.344 e. The molecule has 0 aliphatic carbocycles. The van der Waals surface area contributed by atoms with E-state index in [0.29, 0.717) is 0 Å². The Kier molecular flexibility index (Phi) is 4.09. The molecule has 0 amide bonds. The van der Waals surface area contributed by atoms with Crippen LogP contribution in [0.1, 0.15) is 5.56 Å². The van der Waals surface area contributed by atoms with Crippen molar-refractivity contribution in [2.75, 3.05) is 6.61 Å². The molecular formula is C9H7FN2O5. The number of hydrogen-bond donors (Lipinski definition) is 1. The third kappa shape index (κ3) is 3.86. The Bertz CT molecular complexity index is 474. The average molecular weight is 242 g/mol. The molecule has 1 aromatic rings. The Hall–Kier alpha value is -2.51. The van der Waals surface area contributed by atoms with Crippen LogP contribution in [0.15, 0.2) is 23.4 Å². The van der Waals surface area contributed by atoms with Gasteiger partial charge in [-0.25, -0.2) is 9.18 Å². The first kappa shape index (κ1) is 12.6. The van der Waals surface area contributed by atoms with E-state index in [1.54, 1.807) is 0 Å². The number of nitro groups is 1. The lowest BCUT2D eigenvalue weighted by Gasteiger charge is -1.97. The number of carbonyl (C=O) groups is 1. The van der Waals surface area contributed by atoms with Crippen LogP contribution in [0, 0.1) is 15.9 Å². The minimum absolute atomic E-state index is 0.162. The van der Waals surface area contributed by atoms with E-state index < -0.39 is 23.3 Å². The summed E-state index contributed by atoms with van der Waals surface area (Å²) in [7, 11) is 0. The van der Waals surface area contributed by atoms with Gasteiger partial charge in [0.05, 0.1) is 11.1 Å². The minimum Gasteiger partial charge on any atom is -0.479 e. The average Bonchev–Trinajstić information content (AvgIpc) is 2.25. The summed E-state index contributed by atoms with van der Waals surface area (Å²) in [5.74, 6) is -1.96. The van der Waals surface area contributed by atoms with Crippen LogP contribution in [-0.4, -0.2) is 28.8 Å². The van der Waals surface area contributed by atoms with Crippen molar-refractivity contribution >= 4 is 17.9 Å². The van der Waals surface area contributed by atoms with Gasteiger partial charge in [-0.3, -0.25) is 10.1 Å². The van der Waals surface area contributed by atoms with Gasteiger partial charge in [0, 0.05) is 17.7 Å². The molecule has 0 atom stereocenters. The van der Waals surface area contributed by atoms with E-state index in [0.717, 1.165) is 24.4 Å². The molecule has 0 heterocycles. The summed E-state index contributed by atoms with van der Waals surface area (Å²) in [6.07, 6.45) is 0.866. The molecule has 0 unspecified atom stereocenters. The predicted molar refractivity (Wildman–Crippen MR) is 54.2 cm³/mol. The van der Waals surface area contributed by atoms with Crippen molar-refractivity contribution in [1.29, 1.82) is 0 Å². The highest BCUT2D eigenvalue weighted by atomic mass is 19.1. The number of aliphatic carboxylic acids is 1. The molecular weight excluding hydrogens is 235 g/mol. The normalized spacial score (nSPS) is 10.4. The quantitative estimate of drug-likeness (QED) is 0.474. The van der Waals surface area contributed by atoms with Crippen LogP contribution in [-0.2, 0) is 9.63 Å². The van der Waals surface area contributed by atoms with Crippen LogP contribution in [0.25, 0.3) is 0 Å². The van der Waals surface area contributed by atoms with Crippen molar-refractivity contribution in [1.82, 2.24) is 0 Å². The van der Waals surface area contributed by atoms with Crippen molar-refractivity contribution in [3.05, 3.63) is 39.7 Å². The van der Waals surface area contributed by atoms with Crippen LogP contribution in [0.5, 0.6) is 0 Å². The van der Waals surface area contributed by atoms with Crippen molar-refractivity contribution in [3.63, 3.8) is 0 Å². The van der Waals surface area contributed by atoms with E-state index in [4.69, 9.17) is 5.11 Å². The van der Waals surface area contributed by atoms with Crippen molar-refractivity contribution in [2.24, 2.45) is 5.16 Å². The monoisotopic (exact) mass is 242 g/mol. The molecule has 0 radical (unpaired) electrons. The summed E-state index contributed by atoms with van der Waals surface area (Å²) in [4.78, 5) is 24.1. The van der Waals surface area contributed by atoms with E-state index in [2.05, 4.69) is 9.99 Å². The maximum Gasteiger partial charge on any atom is 0.344 e. The van der Waals surface area contributed by atoms with Crippen LogP contribution in [0.2, 0.25) is 0 Å². The highest BCUT2D eigenvalue weighted by Gasteiger charge is 2.09. The Morgan fingerprint density at radius 3 is 2.94 bits per heavy atom. The highest BCUT2D eigenvalue weighted by molar-refractivity contribution is 5.80. The van der Waals surface area contributed by atoms with Gasteiger partial charge in [-0.1, -0.05) is 5.16 Å². The van der Waals surface area contributed by atoms with Gasteiger partial charge in [0.25, 0.3) is 5.69 Å². The van der Waals surface area contributed by atoms with Crippen LogP contribution >= 0.6 is 0 Å². The summed E-state index contributed by atoms with van der Waals surface area (Å²) in [5.41, 5.74) is -0.462. The molecule has 8 heteroatoms. The van der Waals surface area contributed by atoms with Gasteiger partial charge in [-0.15, -0.1) is 0 Å². The predicted octanol–water partition coefficient (Wildman–Crippen LogP) is 1.17. The second-order valence-electron chi connectivity index (χ2n) is 2.86. The number of non-ortho nitro benzene ring substituents is 1. The lowest BCUT2D eigenvalue weighted by atomic mass is 10.2. The third-order valence-electron chi connectivity index (χ3n) is 1.64. The van der Waals surface area contributed by atoms with Gasteiger partial charge >= 0.3 is 5.97 Å². The van der Waals surface area contributed by atoms with Crippen LogP contribution in [0.4, 0.5) is 10.1 Å². The molecule has 7 nitrogen and oxygen atoms in total. The van der Waals surface area contributed by atoms with Gasteiger partial charge < -0.3 is 9.94 Å². The molecule has 0 aromatic heterocycles. The topological polar surface area (TPSA) is 102 Å². The fraction of sp³-hybridized carbons (Fsp3) is 0.111. The molecule has 0 fully saturated rings. The van der Waals surface area contributed by atoms with Gasteiger partial charge in [-0.2, -0.15) is 0 Å². The molecule has 17 heavy (non-hydrogen) atoms. The van der Waals surface area contributed by atoms with Crippen molar-refractivity contribution < 1.29 is 24.1 Å². The number of hydrogen-bond acceptors (Lipinski definition) is 5.